The molecule has 4 aromatic rings. The Hall–Kier alpha value is -3.44. The summed E-state index contributed by atoms with van der Waals surface area (Å²) in [7, 11) is 0. The summed E-state index contributed by atoms with van der Waals surface area (Å²) in [5.41, 5.74) is 4.59. The van der Waals surface area contributed by atoms with E-state index >= 15 is 0 Å². The summed E-state index contributed by atoms with van der Waals surface area (Å²) in [4.78, 5) is 17.3. The molecule has 1 amide bonds. The van der Waals surface area contributed by atoms with Crippen molar-refractivity contribution in [3.63, 3.8) is 0 Å². The third-order valence-corrected chi connectivity index (χ3v) is 5.00. The molecule has 3 aromatic carbocycles. The number of nitrogens with zero attached hydrogens (tertiary/aromatic N) is 3. The van der Waals surface area contributed by atoms with E-state index in [9.17, 15) is 4.79 Å². The van der Waals surface area contributed by atoms with Crippen LogP contribution in [0.15, 0.2) is 72.8 Å². The van der Waals surface area contributed by atoms with Gasteiger partial charge in [-0.2, -0.15) is 0 Å². The molecule has 0 aliphatic heterocycles. The topological polar surface area (TPSA) is 59.8 Å². The van der Waals surface area contributed by atoms with E-state index in [1.165, 1.54) is 0 Å². The highest BCUT2D eigenvalue weighted by Gasteiger charge is 2.20. The Kier molecular flexibility index (Phi) is 5.14. The zero-order valence-corrected chi connectivity index (χ0v) is 16.8. The molecule has 1 N–H and O–H groups in total. The quantitative estimate of drug-likeness (QED) is 0.493. The van der Waals surface area contributed by atoms with E-state index in [0.29, 0.717) is 16.5 Å². The van der Waals surface area contributed by atoms with Crippen molar-refractivity contribution in [3.05, 3.63) is 94.8 Å². The Morgan fingerprint density at radius 3 is 2.38 bits per heavy atom. The van der Waals surface area contributed by atoms with Crippen LogP contribution in [0.1, 0.15) is 21.7 Å². The third kappa shape index (κ3) is 3.91. The van der Waals surface area contributed by atoms with E-state index in [1.54, 1.807) is 16.8 Å². The molecule has 0 aliphatic rings. The van der Waals surface area contributed by atoms with Crippen LogP contribution >= 0.6 is 11.6 Å². The first kappa shape index (κ1) is 18.9. The van der Waals surface area contributed by atoms with Crippen molar-refractivity contribution in [3.8, 4) is 17.1 Å². The van der Waals surface area contributed by atoms with Gasteiger partial charge in [-0.05, 0) is 67.4 Å². The number of para-hydroxylation sites is 1. The molecule has 1 heterocycles. The molecule has 0 aliphatic carbocycles. The predicted octanol–water partition coefficient (Wildman–Crippen LogP) is 5.46. The highest BCUT2D eigenvalue weighted by Crippen LogP contribution is 2.26. The second-order valence-corrected chi connectivity index (χ2v) is 7.15. The van der Waals surface area contributed by atoms with Crippen LogP contribution < -0.4 is 5.32 Å². The summed E-state index contributed by atoms with van der Waals surface area (Å²) < 4.78 is 1.71. The number of aromatic nitrogens is 3. The number of carbonyl (C=O) groups is 1. The van der Waals surface area contributed by atoms with Gasteiger partial charge < -0.3 is 5.32 Å². The monoisotopic (exact) mass is 402 g/mol. The standard InChI is InChI=1S/C23H19ClN4O/c1-15-7-6-10-20(16(15)2)28-22(17-11-13-18(24)14-12-17)26-21(27-28)23(29)25-19-8-4-3-5-9-19/h3-14H,1-2H3,(H,25,29). The lowest BCUT2D eigenvalue weighted by molar-refractivity contribution is 0.101. The predicted molar refractivity (Wildman–Crippen MR) is 116 cm³/mol. The van der Waals surface area contributed by atoms with Crippen molar-refractivity contribution < 1.29 is 4.79 Å². The van der Waals surface area contributed by atoms with Crippen molar-refractivity contribution in [1.29, 1.82) is 0 Å². The molecule has 0 saturated heterocycles. The molecule has 0 spiro atoms. The average molecular weight is 403 g/mol. The Morgan fingerprint density at radius 1 is 0.931 bits per heavy atom. The first-order valence-electron chi connectivity index (χ1n) is 9.19. The van der Waals surface area contributed by atoms with E-state index < -0.39 is 0 Å². The van der Waals surface area contributed by atoms with Gasteiger partial charge in [0.15, 0.2) is 5.82 Å². The number of benzene rings is 3. The van der Waals surface area contributed by atoms with Crippen LogP contribution in [0.2, 0.25) is 5.02 Å². The normalized spacial score (nSPS) is 10.7. The van der Waals surface area contributed by atoms with Gasteiger partial charge in [0.1, 0.15) is 0 Å². The number of carbonyl (C=O) groups excluding carboxylic acids is 1. The number of halogens is 1. The Labute approximate surface area is 174 Å². The zero-order valence-electron chi connectivity index (χ0n) is 16.1. The van der Waals surface area contributed by atoms with Gasteiger partial charge in [-0.1, -0.05) is 41.9 Å². The number of aryl methyl sites for hydroxylation is 1. The molecule has 0 radical (unpaired) electrons. The van der Waals surface area contributed by atoms with Gasteiger partial charge in [0, 0.05) is 16.3 Å². The van der Waals surface area contributed by atoms with Crippen molar-refractivity contribution >= 4 is 23.2 Å². The van der Waals surface area contributed by atoms with Crippen molar-refractivity contribution in [2.24, 2.45) is 0 Å². The van der Waals surface area contributed by atoms with Gasteiger partial charge in [0.2, 0.25) is 5.82 Å². The minimum Gasteiger partial charge on any atom is -0.319 e. The second kappa shape index (κ2) is 7.89. The van der Waals surface area contributed by atoms with Crippen LogP contribution in [-0.2, 0) is 0 Å². The Bertz CT molecular complexity index is 1170. The van der Waals surface area contributed by atoms with E-state index in [4.69, 9.17) is 11.6 Å². The van der Waals surface area contributed by atoms with Crippen LogP contribution in [0.4, 0.5) is 5.69 Å². The van der Waals surface area contributed by atoms with E-state index in [-0.39, 0.29) is 11.7 Å². The molecule has 0 fully saturated rings. The van der Waals surface area contributed by atoms with Crippen LogP contribution in [-0.4, -0.2) is 20.7 Å². The minimum absolute atomic E-state index is 0.0970. The average Bonchev–Trinajstić information content (AvgIpc) is 3.17. The smallest absolute Gasteiger partial charge is 0.295 e. The lowest BCUT2D eigenvalue weighted by Gasteiger charge is -2.11. The maximum absolute atomic E-state index is 12.8. The molecule has 5 nitrogen and oxygen atoms in total. The molecular formula is C23H19ClN4O. The van der Waals surface area contributed by atoms with E-state index in [2.05, 4.69) is 15.4 Å². The minimum atomic E-state index is -0.365. The molecule has 4 rings (SSSR count). The maximum atomic E-state index is 12.8. The molecular weight excluding hydrogens is 384 g/mol. The fraction of sp³-hybridized carbons (Fsp3) is 0.0870. The third-order valence-electron chi connectivity index (χ3n) is 4.75. The van der Waals surface area contributed by atoms with Crippen molar-refractivity contribution in [2.75, 3.05) is 5.32 Å². The lowest BCUT2D eigenvalue weighted by Crippen LogP contribution is -2.14. The molecule has 0 unspecified atom stereocenters. The SMILES string of the molecule is Cc1cccc(-n2nc(C(=O)Nc3ccccc3)nc2-c2ccc(Cl)cc2)c1C. The zero-order chi connectivity index (χ0) is 20.4. The van der Waals surface area contributed by atoms with Gasteiger partial charge in [0.05, 0.1) is 5.69 Å². The summed E-state index contributed by atoms with van der Waals surface area (Å²) in [6.07, 6.45) is 0. The number of nitrogens with one attached hydrogen (secondary N) is 1. The van der Waals surface area contributed by atoms with Crippen LogP contribution in [0.5, 0.6) is 0 Å². The molecule has 144 valence electrons. The van der Waals surface area contributed by atoms with Crippen LogP contribution in [0.3, 0.4) is 0 Å². The molecule has 1 aromatic heterocycles. The molecule has 29 heavy (non-hydrogen) atoms. The summed E-state index contributed by atoms with van der Waals surface area (Å²) in [6.45, 7) is 4.07. The van der Waals surface area contributed by atoms with Gasteiger partial charge in [0.25, 0.3) is 5.91 Å². The first-order valence-corrected chi connectivity index (χ1v) is 9.57. The maximum Gasteiger partial charge on any atom is 0.295 e. The number of rotatable bonds is 4. The molecule has 0 atom stereocenters. The fourth-order valence-electron chi connectivity index (χ4n) is 3.04. The molecule has 0 bridgehead atoms. The summed E-state index contributed by atoms with van der Waals surface area (Å²) in [6, 6.07) is 22.5. The van der Waals surface area contributed by atoms with Crippen molar-refractivity contribution in [2.45, 2.75) is 13.8 Å². The second-order valence-electron chi connectivity index (χ2n) is 6.72. The number of hydrogen-bond acceptors (Lipinski definition) is 3. The van der Waals surface area contributed by atoms with E-state index in [1.807, 2.05) is 74.5 Å². The van der Waals surface area contributed by atoms with E-state index in [0.717, 1.165) is 22.4 Å². The number of hydrogen-bond donors (Lipinski definition) is 1. The number of amides is 1. The van der Waals surface area contributed by atoms with Gasteiger partial charge in [-0.3, -0.25) is 4.79 Å². The van der Waals surface area contributed by atoms with Gasteiger partial charge in [-0.25, -0.2) is 9.67 Å². The summed E-state index contributed by atoms with van der Waals surface area (Å²) in [5.74, 6) is 0.309. The largest absolute Gasteiger partial charge is 0.319 e. The Morgan fingerprint density at radius 2 is 1.66 bits per heavy atom. The molecule has 0 saturated carbocycles. The lowest BCUT2D eigenvalue weighted by atomic mass is 10.1. The highest BCUT2D eigenvalue weighted by atomic mass is 35.5. The van der Waals surface area contributed by atoms with Crippen molar-refractivity contribution in [1.82, 2.24) is 14.8 Å². The van der Waals surface area contributed by atoms with Crippen LogP contribution in [0, 0.1) is 13.8 Å². The molecule has 6 heteroatoms. The Balaban J connectivity index is 1.81. The summed E-state index contributed by atoms with van der Waals surface area (Å²) in [5, 5.41) is 8.01. The van der Waals surface area contributed by atoms with Gasteiger partial charge >= 0.3 is 0 Å². The highest BCUT2D eigenvalue weighted by molar-refractivity contribution is 6.30. The summed E-state index contributed by atoms with van der Waals surface area (Å²) >= 11 is 6.04. The first-order chi connectivity index (χ1) is 14.0. The fourth-order valence-corrected chi connectivity index (χ4v) is 3.16. The number of anilines is 1. The van der Waals surface area contributed by atoms with Crippen LogP contribution in [0.25, 0.3) is 17.1 Å². The van der Waals surface area contributed by atoms with Gasteiger partial charge in [-0.15, -0.1) is 5.10 Å².